The number of alkyl halides is 3. The van der Waals surface area contributed by atoms with Gasteiger partial charge in [-0.15, -0.1) is 11.3 Å². The van der Waals surface area contributed by atoms with Crippen LogP contribution < -0.4 is 10.6 Å². The predicted molar refractivity (Wildman–Crippen MR) is 82.1 cm³/mol. The van der Waals surface area contributed by atoms with E-state index in [1.165, 1.54) is 12.8 Å². The lowest BCUT2D eigenvalue weighted by molar-refractivity contribution is -0.140. The van der Waals surface area contributed by atoms with E-state index < -0.39 is 11.9 Å². The Morgan fingerprint density at radius 2 is 2.27 bits per heavy atom. The van der Waals surface area contributed by atoms with Gasteiger partial charge in [0.1, 0.15) is 0 Å². The minimum atomic E-state index is -4.36. The monoisotopic (exact) mass is 334 g/mol. The fourth-order valence-electron chi connectivity index (χ4n) is 2.33. The van der Waals surface area contributed by atoms with Crippen molar-refractivity contribution in [2.75, 3.05) is 13.6 Å². The van der Waals surface area contributed by atoms with Crippen LogP contribution in [0.2, 0.25) is 0 Å². The molecule has 0 spiro atoms. The van der Waals surface area contributed by atoms with Gasteiger partial charge in [-0.2, -0.15) is 13.2 Å². The molecule has 2 unspecified atom stereocenters. The van der Waals surface area contributed by atoms with Crippen LogP contribution in [0.1, 0.15) is 36.9 Å². The van der Waals surface area contributed by atoms with Crippen LogP contribution in [-0.4, -0.2) is 30.6 Å². The van der Waals surface area contributed by atoms with Gasteiger partial charge in [-0.25, -0.2) is 4.98 Å². The summed E-state index contributed by atoms with van der Waals surface area (Å²) in [7, 11) is 1.69. The minimum Gasteiger partial charge on any atom is -0.356 e. The summed E-state index contributed by atoms with van der Waals surface area (Å²) in [5, 5.41) is 7.99. The molecule has 1 aliphatic carbocycles. The molecule has 1 aliphatic rings. The third kappa shape index (κ3) is 4.86. The van der Waals surface area contributed by atoms with E-state index in [1.54, 1.807) is 7.05 Å². The van der Waals surface area contributed by atoms with Crippen molar-refractivity contribution in [3.63, 3.8) is 0 Å². The van der Waals surface area contributed by atoms with Gasteiger partial charge in [0.05, 0.1) is 5.01 Å². The highest BCUT2D eigenvalue weighted by Crippen LogP contribution is 2.34. The lowest BCUT2D eigenvalue weighted by Gasteiger charge is -2.11. The molecular weight excluding hydrogens is 313 g/mol. The number of aliphatic imine (C=N–C) groups is 1. The predicted octanol–water partition coefficient (Wildman–Crippen LogP) is 3.06. The van der Waals surface area contributed by atoms with Crippen LogP contribution in [0.4, 0.5) is 13.2 Å². The van der Waals surface area contributed by atoms with Crippen molar-refractivity contribution in [1.29, 1.82) is 0 Å². The van der Waals surface area contributed by atoms with E-state index in [0.29, 0.717) is 30.0 Å². The number of guanidine groups is 1. The van der Waals surface area contributed by atoms with E-state index in [1.807, 2.05) is 0 Å². The van der Waals surface area contributed by atoms with Gasteiger partial charge in [0.25, 0.3) is 0 Å². The number of halogens is 3. The van der Waals surface area contributed by atoms with Crippen LogP contribution in [0.25, 0.3) is 0 Å². The number of nitrogens with zero attached hydrogens (tertiary/aromatic N) is 2. The third-order valence-corrected chi connectivity index (χ3v) is 4.51. The van der Waals surface area contributed by atoms with Gasteiger partial charge in [0.2, 0.25) is 0 Å². The molecule has 2 rings (SSSR count). The van der Waals surface area contributed by atoms with Crippen molar-refractivity contribution in [2.45, 2.75) is 44.8 Å². The second kappa shape index (κ2) is 7.30. The Hall–Kier alpha value is -1.31. The molecule has 0 radical (unpaired) electrons. The summed E-state index contributed by atoms with van der Waals surface area (Å²) in [6, 6.07) is 0.475. The van der Waals surface area contributed by atoms with E-state index >= 15 is 0 Å². The molecule has 2 atom stereocenters. The molecule has 8 heteroatoms. The molecule has 1 heterocycles. The molecule has 4 nitrogen and oxygen atoms in total. The van der Waals surface area contributed by atoms with E-state index in [-0.39, 0.29) is 0 Å². The first kappa shape index (κ1) is 17.1. The SMILES string of the molecule is CCCC1CC1NC(=NC)NCCc1nc(C(F)(F)F)cs1. The van der Waals surface area contributed by atoms with Crippen molar-refractivity contribution in [3.8, 4) is 0 Å². The Balaban J connectivity index is 1.72. The molecule has 0 bridgehead atoms. The van der Waals surface area contributed by atoms with Gasteiger partial charge in [-0.05, 0) is 18.8 Å². The third-order valence-electron chi connectivity index (χ3n) is 3.60. The lowest BCUT2D eigenvalue weighted by atomic mass is 10.2. The summed E-state index contributed by atoms with van der Waals surface area (Å²) >= 11 is 1.04. The summed E-state index contributed by atoms with van der Waals surface area (Å²) in [4.78, 5) is 7.74. The van der Waals surface area contributed by atoms with Crippen molar-refractivity contribution in [2.24, 2.45) is 10.9 Å². The Morgan fingerprint density at radius 1 is 1.50 bits per heavy atom. The number of rotatable bonds is 6. The maximum atomic E-state index is 12.5. The zero-order valence-corrected chi connectivity index (χ0v) is 13.5. The largest absolute Gasteiger partial charge is 0.434 e. The molecule has 124 valence electrons. The first-order valence-corrected chi connectivity index (χ1v) is 8.30. The molecule has 0 aromatic carbocycles. The number of hydrogen-bond donors (Lipinski definition) is 2. The van der Waals surface area contributed by atoms with E-state index in [9.17, 15) is 13.2 Å². The maximum Gasteiger partial charge on any atom is 0.434 e. The van der Waals surface area contributed by atoms with Crippen LogP contribution in [-0.2, 0) is 12.6 Å². The van der Waals surface area contributed by atoms with Gasteiger partial charge in [-0.3, -0.25) is 4.99 Å². The maximum absolute atomic E-state index is 12.5. The van der Waals surface area contributed by atoms with Gasteiger partial charge in [0.15, 0.2) is 11.7 Å². The Labute approximate surface area is 132 Å². The average molecular weight is 334 g/mol. The van der Waals surface area contributed by atoms with Crippen molar-refractivity contribution in [1.82, 2.24) is 15.6 Å². The van der Waals surface area contributed by atoms with Gasteiger partial charge in [0, 0.05) is 31.4 Å². The Kier molecular flexibility index (Phi) is 5.66. The van der Waals surface area contributed by atoms with Crippen LogP contribution in [0.5, 0.6) is 0 Å². The molecule has 0 amide bonds. The van der Waals surface area contributed by atoms with Gasteiger partial charge < -0.3 is 10.6 Å². The fraction of sp³-hybridized carbons (Fsp3) is 0.714. The molecule has 22 heavy (non-hydrogen) atoms. The van der Waals surface area contributed by atoms with Gasteiger partial charge in [-0.1, -0.05) is 13.3 Å². The number of aromatic nitrogens is 1. The zero-order chi connectivity index (χ0) is 16.2. The summed E-state index contributed by atoms with van der Waals surface area (Å²) in [5.41, 5.74) is -0.810. The molecule has 1 fully saturated rings. The molecule has 0 aliphatic heterocycles. The van der Waals surface area contributed by atoms with Gasteiger partial charge >= 0.3 is 6.18 Å². The molecule has 1 saturated carbocycles. The fourth-order valence-corrected chi connectivity index (χ4v) is 3.13. The molecule has 2 N–H and O–H groups in total. The quantitative estimate of drug-likeness (QED) is 0.621. The van der Waals surface area contributed by atoms with Crippen molar-refractivity contribution < 1.29 is 13.2 Å². The second-order valence-corrected chi connectivity index (χ2v) is 6.35. The van der Waals surface area contributed by atoms with Crippen LogP contribution >= 0.6 is 11.3 Å². The molecule has 1 aromatic heterocycles. The van der Waals surface area contributed by atoms with Crippen molar-refractivity contribution in [3.05, 3.63) is 16.1 Å². The zero-order valence-electron chi connectivity index (χ0n) is 12.7. The summed E-state index contributed by atoms with van der Waals surface area (Å²) < 4.78 is 37.4. The first-order chi connectivity index (χ1) is 10.4. The summed E-state index contributed by atoms with van der Waals surface area (Å²) in [6.07, 6.45) is -0.352. The van der Waals surface area contributed by atoms with Crippen LogP contribution in [0, 0.1) is 5.92 Å². The van der Waals surface area contributed by atoms with E-state index in [2.05, 4.69) is 27.5 Å². The lowest BCUT2D eigenvalue weighted by Crippen LogP contribution is -2.40. The number of thiazole rings is 1. The van der Waals surface area contributed by atoms with E-state index in [4.69, 9.17) is 0 Å². The number of nitrogens with one attached hydrogen (secondary N) is 2. The normalized spacial score (nSPS) is 21.8. The molecule has 0 saturated heterocycles. The summed E-state index contributed by atoms with van der Waals surface area (Å²) in [5.74, 6) is 1.42. The van der Waals surface area contributed by atoms with Crippen LogP contribution in [0.3, 0.4) is 0 Å². The average Bonchev–Trinajstić information content (AvgIpc) is 2.99. The highest BCUT2D eigenvalue weighted by molar-refractivity contribution is 7.09. The molecular formula is C14H21F3N4S. The Bertz CT molecular complexity index is 512. The topological polar surface area (TPSA) is 49.3 Å². The van der Waals surface area contributed by atoms with Crippen LogP contribution in [0.15, 0.2) is 10.4 Å². The van der Waals surface area contributed by atoms with E-state index in [0.717, 1.165) is 29.1 Å². The Morgan fingerprint density at radius 3 is 2.86 bits per heavy atom. The smallest absolute Gasteiger partial charge is 0.356 e. The standard InChI is InChI=1S/C14H21F3N4S/c1-3-4-9-7-10(9)20-13(18-2)19-6-5-12-21-11(8-22-12)14(15,16)17/h8-10H,3-7H2,1-2H3,(H2,18,19,20). The second-order valence-electron chi connectivity index (χ2n) is 5.41. The van der Waals surface area contributed by atoms with Crippen molar-refractivity contribution >= 4 is 17.3 Å². The summed E-state index contributed by atoms with van der Waals surface area (Å²) in [6.45, 7) is 2.68. The highest BCUT2D eigenvalue weighted by atomic mass is 32.1. The first-order valence-electron chi connectivity index (χ1n) is 7.42. The number of hydrogen-bond acceptors (Lipinski definition) is 3. The molecule has 1 aromatic rings. The minimum absolute atomic E-state index is 0.449. The highest BCUT2D eigenvalue weighted by Gasteiger charge is 2.36.